The molecule has 0 aromatic carbocycles. The third-order valence-corrected chi connectivity index (χ3v) is 6.26. The zero-order valence-corrected chi connectivity index (χ0v) is 16.5. The van der Waals surface area contributed by atoms with Crippen LogP contribution in [0.5, 0.6) is 0 Å². The van der Waals surface area contributed by atoms with Crippen LogP contribution < -0.4 is 4.90 Å². The minimum absolute atomic E-state index is 0.369. The van der Waals surface area contributed by atoms with E-state index < -0.39 is 5.91 Å². The van der Waals surface area contributed by atoms with Crippen LogP contribution >= 0.6 is 0 Å². The molecule has 148 valence electrons. The number of likely N-dealkylation sites (tertiary alicyclic amines) is 1. The topological polar surface area (TPSA) is 80.5 Å². The molecule has 1 aliphatic carbocycles. The summed E-state index contributed by atoms with van der Waals surface area (Å²) in [4.78, 5) is 35.1. The summed E-state index contributed by atoms with van der Waals surface area (Å²) in [6.07, 6.45) is 6.18. The van der Waals surface area contributed by atoms with Gasteiger partial charge in [-0.05, 0) is 56.6 Å². The molecule has 0 unspecified atom stereocenters. The van der Waals surface area contributed by atoms with Crippen LogP contribution in [-0.4, -0.2) is 65.9 Å². The Balaban J connectivity index is 1.48. The number of pyridine rings is 1. The largest absolute Gasteiger partial charge is 0.352 e. The summed E-state index contributed by atoms with van der Waals surface area (Å²) >= 11 is 0. The van der Waals surface area contributed by atoms with Gasteiger partial charge in [0.05, 0.1) is 5.56 Å². The molecule has 4 rings (SSSR count). The molecular weight excluding hydrogens is 354 g/mol. The molecule has 28 heavy (non-hydrogen) atoms. The quantitative estimate of drug-likeness (QED) is 0.687. The van der Waals surface area contributed by atoms with Gasteiger partial charge < -0.3 is 14.7 Å². The fraction of sp³-hybridized carbons (Fsp3) is 0.619. The lowest BCUT2D eigenvalue weighted by atomic mass is 9.88. The summed E-state index contributed by atoms with van der Waals surface area (Å²) in [7, 11) is 0. The van der Waals surface area contributed by atoms with Crippen molar-refractivity contribution < 1.29 is 9.59 Å². The number of piperazine rings is 1. The molecule has 3 aliphatic rings. The highest BCUT2D eigenvalue weighted by Gasteiger charge is 2.32. The number of hydrogen-bond donors (Lipinski definition) is 0. The minimum Gasteiger partial charge on any atom is -0.352 e. The normalized spacial score (nSPS) is 19.4. The van der Waals surface area contributed by atoms with Crippen LogP contribution in [0.4, 0.5) is 5.82 Å². The van der Waals surface area contributed by atoms with E-state index in [-0.39, 0.29) is 5.91 Å². The lowest BCUT2D eigenvalue weighted by molar-refractivity contribution is -0.151. The second kappa shape index (κ2) is 7.78. The third kappa shape index (κ3) is 3.32. The molecule has 0 atom stereocenters. The van der Waals surface area contributed by atoms with E-state index in [2.05, 4.69) is 11.0 Å². The molecule has 0 radical (unpaired) electrons. The summed E-state index contributed by atoms with van der Waals surface area (Å²) in [5.74, 6) is -0.0123. The highest BCUT2D eigenvalue weighted by molar-refractivity contribution is 6.35. The molecule has 0 spiro atoms. The molecule has 7 heteroatoms. The zero-order chi connectivity index (χ0) is 19.7. The Kier molecular flexibility index (Phi) is 5.21. The molecule has 1 aromatic rings. The maximum absolute atomic E-state index is 12.5. The van der Waals surface area contributed by atoms with E-state index in [9.17, 15) is 14.9 Å². The predicted molar refractivity (Wildman–Crippen MR) is 105 cm³/mol. The monoisotopic (exact) mass is 381 g/mol. The number of fused-ring (bicyclic) bond motifs is 1. The summed E-state index contributed by atoms with van der Waals surface area (Å²) in [6.45, 7) is 5.58. The minimum atomic E-state index is -0.392. The zero-order valence-electron chi connectivity index (χ0n) is 16.5. The number of hydrogen-bond acceptors (Lipinski definition) is 5. The number of aryl methyl sites for hydroxylation is 1. The van der Waals surface area contributed by atoms with Crippen molar-refractivity contribution in [2.24, 2.45) is 0 Å². The van der Waals surface area contributed by atoms with Crippen molar-refractivity contribution in [1.82, 2.24) is 14.8 Å². The highest BCUT2D eigenvalue weighted by Crippen LogP contribution is 2.32. The van der Waals surface area contributed by atoms with Crippen molar-refractivity contribution >= 4 is 17.6 Å². The number of amides is 2. The lowest BCUT2D eigenvalue weighted by Crippen LogP contribution is -2.53. The average Bonchev–Trinajstić information content (AvgIpc) is 3.28. The molecule has 7 nitrogen and oxygen atoms in total. The Morgan fingerprint density at radius 1 is 0.857 bits per heavy atom. The van der Waals surface area contributed by atoms with Crippen molar-refractivity contribution in [3.05, 3.63) is 22.4 Å². The van der Waals surface area contributed by atoms with E-state index in [4.69, 9.17) is 4.98 Å². The first-order valence-corrected chi connectivity index (χ1v) is 10.4. The van der Waals surface area contributed by atoms with E-state index >= 15 is 0 Å². The van der Waals surface area contributed by atoms with Gasteiger partial charge in [-0.1, -0.05) is 0 Å². The number of nitrogens with zero attached hydrogens (tertiary/aromatic N) is 5. The van der Waals surface area contributed by atoms with Crippen molar-refractivity contribution in [2.75, 3.05) is 44.2 Å². The van der Waals surface area contributed by atoms with Crippen LogP contribution in [-0.2, 0) is 22.4 Å². The van der Waals surface area contributed by atoms with Gasteiger partial charge in [0, 0.05) is 45.0 Å². The molecule has 2 fully saturated rings. The van der Waals surface area contributed by atoms with Gasteiger partial charge >= 0.3 is 11.8 Å². The molecule has 2 aliphatic heterocycles. The van der Waals surface area contributed by atoms with E-state index in [1.165, 1.54) is 11.1 Å². The van der Waals surface area contributed by atoms with E-state index in [0.717, 1.165) is 50.0 Å². The maximum Gasteiger partial charge on any atom is 0.312 e. The van der Waals surface area contributed by atoms with Gasteiger partial charge in [0.25, 0.3) is 0 Å². The first-order valence-electron chi connectivity index (χ1n) is 10.4. The van der Waals surface area contributed by atoms with Crippen LogP contribution in [0.25, 0.3) is 0 Å². The van der Waals surface area contributed by atoms with Gasteiger partial charge in [-0.25, -0.2) is 4.98 Å². The van der Waals surface area contributed by atoms with Crippen molar-refractivity contribution in [3.63, 3.8) is 0 Å². The summed E-state index contributed by atoms with van der Waals surface area (Å²) < 4.78 is 0. The molecule has 1 aromatic heterocycles. The number of nitriles is 1. The predicted octanol–water partition coefficient (Wildman–Crippen LogP) is 1.41. The summed E-state index contributed by atoms with van der Waals surface area (Å²) in [6, 6.07) is 2.39. The van der Waals surface area contributed by atoms with Gasteiger partial charge in [0.15, 0.2) is 0 Å². The maximum atomic E-state index is 12.5. The molecular formula is C21H27N5O2. The summed E-state index contributed by atoms with van der Waals surface area (Å²) in [5, 5.41) is 9.80. The van der Waals surface area contributed by atoms with Crippen LogP contribution in [0.15, 0.2) is 0 Å². The summed E-state index contributed by atoms with van der Waals surface area (Å²) in [5.41, 5.74) is 4.13. The van der Waals surface area contributed by atoms with Crippen LogP contribution in [0.3, 0.4) is 0 Å². The second-order valence-electron chi connectivity index (χ2n) is 7.95. The Labute approximate surface area is 165 Å². The van der Waals surface area contributed by atoms with E-state index in [1.54, 1.807) is 9.80 Å². The Morgan fingerprint density at radius 3 is 2.04 bits per heavy atom. The van der Waals surface area contributed by atoms with Crippen LogP contribution in [0, 0.1) is 18.3 Å². The number of carbonyl (C=O) groups is 2. The third-order valence-electron chi connectivity index (χ3n) is 6.26. The van der Waals surface area contributed by atoms with Crippen molar-refractivity contribution in [2.45, 2.75) is 45.4 Å². The lowest BCUT2D eigenvalue weighted by Gasteiger charge is -2.36. The number of carbonyl (C=O) groups excluding carboxylic acids is 2. The van der Waals surface area contributed by atoms with E-state index in [1.807, 2.05) is 6.92 Å². The number of aromatic nitrogens is 1. The first kappa shape index (κ1) is 18.7. The molecule has 0 saturated carbocycles. The SMILES string of the molecule is Cc1nc(N2CCN(C(=O)C(=O)N3CCCC3)CC2)c(C#N)c2c1CCCC2. The van der Waals surface area contributed by atoms with Gasteiger partial charge in [-0.3, -0.25) is 9.59 Å². The van der Waals surface area contributed by atoms with Gasteiger partial charge in [0.1, 0.15) is 11.9 Å². The van der Waals surface area contributed by atoms with E-state index in [0.29, 0.717) is 44.8 Å². The molecule has 2 saturated heterocycles. The smallest absolute Gasteiger partial charge is 0.312 e. The Morgan fingerprint density at radius 2 is 1.43 bits per heavy atom. The fourth-order valence-corrected chi connectivity index (χ4v) is 4.66. The molecule has 2 amide bonds. The molecule has 0 bridgehead atoms. The van der Waals surface area contributed by atoms with Crippen molar-refractivity contribution in [3.8, 4) is 6.07 Å². The van der Waals surface area contributed by atoms with Gasteiger partial charge in [-0.15, -0.1) is 0 Å². The number of anilines is 1. The van der Waals surface area contributed by atoms with Crippen LogP contribution in [0.2, 0.25) is 0 Å². The first-order chi connectivity index (χ1) is 13.6. The van der Waals surface area contributed by atoms with Crippen LogP contribution in [0.1, 0.15) is 48.1 Å². The number of rotatable bonds is 1. The molecule has 3 heterocycles. The fourth-order valence-electron chi connectivity index (χ4n) is 4.66. The molecule has 0 N–H and O–H groups in total. The Bertz CT molecular complexity index is 830. The highest BCUT2D eigenvalue weighted by atomic mass is 16.2. The second-order valence-corrected chi connectivity index (χ2v) is 7.95. The van der Waals surface area contributed by atoms with Gasteiger partial charge in [0.2, 0.25) is 0 Å². The average molecular weight is 381 g/mol. The van der Waals surface area contributed by atoms with Crippen molar-refractivity contribution in [1.29, 1.82) is 5.26 Å². The standard InChI is InChI=1S/C21H27N5O2/c1-15-16-6-2-3-7-17(16)18(14-22)19(23-15)24-10-12-26(13-11-24)21(28)20(27)25-8-4-5-9-25/h2-13H2,1H3. The Hall–Kier alpha value is -2.62. The van der Waals surface area contributed by atoms with Gasteiger partial charge in [-0.2, -0.15) is 5.26 Å².